The van der Waals surface area contributed by atoms with E-state index in [0.717, 1.165) is 13.0 Å². The van der Waals surface area contributed by atoms with Crippen LogP contribution in [0.1, 0.15) is 40.0 Å². The summed E-state index contributed by atoms with van der Waals surface area (Å²) in [4.78, 5) is 0. The van der Waals surface area contributed by atoms with Gasteiger partial charge in [0, 0.05) is 6.61 Å². The number of ether oxygens (including phenoxy) is 1. The summed E-state index contributed by atoms with van der Waals surface area (Å²) in [7, 11) is -2.41. The van der Waals surface area contributed by atoms with Crippen LogP contribution in [0.2, 0.25) is 5.04 Å². The van der Waals surface area contributed by atoms with E-state index in [-0.39, 0.29) is 11.1 Å². The van der Waals surface area contributed by atoms with Crippen molar-refractivity contribution in [1.82, 2.24) is 0 Å². The number of hydrogen-bond donors (Lipinski definition) is 0. The van der Waals surface area contributed by atoms with Crippen LogP contribution in [0.15, 0.2) is 60.7 Å². The summed E-state index contributed by atoms with van der Waals surface area (Å²) in [6, 6.07) is 21.7. The highest BCUT2D eigenvalue weighted by Gasteiger charge is 2.50. The van der Waals surface area contributed by atoms with Gasteiger partial charge >= 0.3 is 0 Å². The van der Waals surface area contributed by atoms with Crippen molar-refractivity contribution in [3.05, 3.63) is 60.7 Å². The van der Waals surface area contributed by atoms with Gasteiger partial charge in [-0.3, -0.25) is 0 Å². The lowest BCUT2D eigenvalue weighted by Crippen LogP contribution is -2.67. The Morgan fingerprint density at radius 1 is 0.920 bits per heavy atom. The predicted octanol–water partition coefficient (Wildman–Crippen LogP) is 4.13. The summed E-state index contributed by atoms with van der Waals surface area (Å²) in [5.74, 6) is 0. The molecule has 2 nitrogen and oxygen atoms in total. The van der Waals surface area contributed by atoms with Gasteiger partial charge in [0.2, 0.25) is 0 Å². The first-order valence-corrected chi connectivity index (χ1v) is 11.3. The molecule has 1 fully saturated rings. The third-order valence-corrected chi connectivity index (χ3v) is 10.2. The Morgan fingerprint density at radius 3 is 1.92 bits per heavy atom. The topological polar surface area (TPSA) is 18.5 Å². The zero-order valence-electron chi connectivity index (χ0n) is 15.7. The van der Waals surface area contributed by atoms with Crippen LogP contribution in [-0.4, -0.2) is 27.6 Å². The number of rotatable bonds is 5. The van der Waals surface area contributed by atoms with E-state index in [1.807, 2.05) is 0 Å². The van der Waals surface area contributed by atoms with E-state index in [4.69, 9.17) is 9.16 Å². The molecule has 1 saturated heterocycles. The van der Waals surface area contributed by atoms with Crippen molar-refractivity contribution in [1.29, 1.82) is 0 Å². The van der Waals surface area contributed by atoms with Crippen molar-refractivity contribution >= 4 is 18.7 Å². The lowest BCUT2D eigenvalue weighted by molar-refractivity contribution is -0.0132. The Bertz CT molecular complexity index is 603. The van der Waals surface area contributed by atoms with Crippen LogP contribution in [0.4, 0.5) is 0 Å². The molecule has 1 atom stereocenters. The van der Waals surface area contributed by atoms with Crippen LogP contribution in [0.25, 0.3) is 0 Å². The molecule has 134 valence electrons. The summed E-state index contributed by atoms with van der Waals surface area (Å²) in [6.07, 6.45) is 3.76. The Kier molecular flexibility index (Phi) is 5.77. The molecule has 0 radical (unpaired) electrons. The first-order valence-electron chi connectivity index (χ1n) is 9.41. The second-order valence-corrected chi connectivity index (χ2v) is 12.3. The normalized spacial score (nSPS) is 18.9. The molecule has 3 rings (SSSR count). The van der Waals surface area contributed by atoms with Crippen molar-refractivity contribution in [2.75, 3.05) is 13.2 Å². The molecule has 3 heteroatoms. The van der Waals surface area contributed by atoms with Crippen molar-refractivity contribution in [2.24, 2.45) is 0 Å². The van der Waals surface area contributed by atoms with Gasteiger partial charge in [-0.25, -0.2) is 0 Å². The third-order valence-electron chi connectivity index (χ3n) is 5.18. The van der Waals surface area contributed by atoms with Gasteiger partial charge in [0.15, 0.2) is 0 Å². The van der Waals surface area contributed by atoms with Crippen LogP contribution in [0, 0.1) is 0 Å². The molecule has 0 bridgehead atoms. The Balaban J connectivity index is 2.02. The monoisotopic (exact) mass is 354 g/mol. The lowest BCUT2D eigenvalue weighted by Gasteiger charge is -2.44. The van der Waals surface area contributed by atoms with E-state index < -0.39 is 8.32 Å². The van der Waals surface area contributed by atoms with Crippen LogP contribution in [-0.2, 0) is 9.16 Å². The van der Waals surface area contributed by atoms with Crippen molar-refractivity contribution < 1.29 is 9.16 Å². The first-order chi connectivity index (χ1) is 12.0. The average molecular weight is 355 g/mol. The summed E-state index contributed by atoms with van der Waals surface area (Å²) in [5.41, 5.74) is 0. The van der Waals surface area contributed by atoms with Crippen LogP contribution in [0.5, 0.6) is 0 Å². The smallest absolute Gasteiger partial charge is 0.261 e. The third kappa shape index (κ3) is 3.89. The molecule has 0 unspecified atom stereocenters. The van der Waals surface area contributed by atoms with E-state index in [1.54, 1.807) is 0 Å². The maximum Gasteiger partial charge on any atom is 0.261 e. The maximum atomic E-state index is 6.92. The van der Waals surface area contributed by atoms with Gasteiger partial charge in [0.25, 0.3) is 8.32 Å². The van der Waals surface area contributed by atoms with Gasteiger partial charge in [-0.1, -0.05) is 81.4 Å². The summed E-state index contributed by atoms with van der Waals surface area (Å²) in [5, 5.41) is 2.71. The standard InChI is InChI=1S/C22H30O2Si/c1-22(2,3)25(20-13-6-4-7-14-20,21-15-8-5-9-16-21)24-18-19-12-10-11-17-23-19/h4-9,13-16,19H,10-12,17-18H2,1-3H3/t19-/m1/s1. The van der Waals surface area contributed by atoms with Gasteiger partial charge < -0.3 is 9.16 Å². The van der Waals surface area contributed by atoms with Gasteiger partial charge in [0.1, 0.15) is 0 Å². The molecule has 1 heterocycles. The summed E-state index contributed by atoms with van der Waals surface area (Å²) >= 11 is 0. The van der Waals surface area contributed by atoms with Crippen molar-refractivity contribution in [3.63, 3.8) is 0 Å². The molecule has 2 aromatic carbocycles. The zero-order valence-corrected chi connectivity index (χ0v) is 16.7. The van der Waals surface area contributed by atoms with Gasteiger partial charge in [-0.05, 0) is 34.7 Å². The molecule has 0 aliphatic carbocycles. The molecule has 0 N–H and O–H groups in total. The fraction of sp³-hybridized carbons (Fsp3) is 0.455. The highest BCUT2D eigenvalue weighted by atomic mass is 28.4. The molecule has 1 aliphatic heterocycles. The van der Waals surface area contributed by atoms with Gasteiger partial charge in [-0.2, -0.15) is 0 Å². The molecule has 1 aliphatic rings. The second-order valence-electron chi connectivity index (χ2n) is 7.96. The Morgan fingerprint density at radius 2 is 1.48 bits per heavy atom. The molecule has 25 heavy (non-hydrogen) atoms. The van der Waals surface area contributed by atoms with Crippen molar-refractivity contribution in [3.8, 4) is 0 Å². The maximum absolute atomic E-state index is 6.92. The largest absolute Gasteiger partial charge is 0.405 e. The molecule has 0 spiro atoms. The van der Waals surface area contributed by atoms with E-state index in [0.29, 0.717) is 6.61 Å². The molecule has 2 aromatic rings. The van der Waals surface area contributed by atoms with E-state index in [2.05, 4.69) is 81.4 Å². The SMILES string of the molecule is CC(C)(C)[Si](OC[C@H]1CCCCO1)(c1ccccc1)c1ccccc1. The predicted molar refractivity (Wildman–Crippen MR) is 107 cm³/mol. The second kappa shape index (κ2) is 7.86. The average Bonchev–Trinajstić information content (AvgIpc) is 2.64. The molecule has 0 aromatic heterocycles. The highest BCUT2D eigenvalue weighted by molar-refractivity contribution is 6.99. The van der Waals surface area contributed by atoms with E-state index >= 15 is 0 Å². The summed E-state index contributed by atoms with van der Waals surface area (Å²) in [6.45, 7) is 8.52. The fourth-order valence-corrected chi connectivity index (χ4v) is 8.51. The van der Waals surface area contributed by atoms with Gasteiger partial charge in [0.05, 0.1) is 12.7 Å². The van der Waals surface area contributed by atoms with Crippen LogP contribution in [0.3, 0.4) is 0 Å². The summed E-state index contributed by atoms with van der Waals surface area (Å²) < 4.78 is 12.9. The molecular weight excluding hydrogens is 324 g/mol. The first kappa shape index (κ1) is 18.4. The van der Waals surface area contributed by atoms with E-state index in [9.17, 15) is 0 Å². The van der Waals surface area contributed by atoms with Crippen LogP contribution < -0.4 is 10.4 Å². The minimum atomic E-state index is -2.41. The highest BCUT2D eigenvalue weighted by Crippen LogP contribution is 2.37. The fourth-order valence-electron chi connectivity index (χ4n) is 3.92. The molecular formula is C22H30O2Si. The molecule has 0 saturated carbocycles. The van der Waals surface area contributed by atoms with Crippen molar-refractivity contribution in [2.45, 2.75) is 51.2 Å². The lowest BCUT2D eigenvalue weighted by atomic mass is 10.1. The minimum absolute atomic E-state index is 0.0321. The van der Waals surface area contributed by atoms with Gasteiger partial charge in [-0.15, -0.1) is 0 Å². The minimum Gasteiger partial charge on any atom is -0.405 e. The Hall–Kier alpha value is -1.42. The molecule has 0 amide bonds. The van der Waals surface area contributed by atoms with E-state index in [1.165, 1.54) is 23.2 Å². The number of benzene rings is 2. The quantitative estimate of drug-likeness (QED) is 0.752. The number of hydrogen-bond acceptors (Lipinski definition) is 2. The van der Waals surface area contributed by atoms with Crippen LogP contribution >= 0.6 is 0 Å². The Labute approximate surface area is 153 Å². The zero-order chi connectivity index (χ0) is 17.8.